The topological polar surface area (TPSA) is 49.7 Å². The molecule has 0 amide bonds. The Hall–Kier alpha value is -0.900. The van der Waals surface area contributed by atoms with Gasteiger partial charge in [-0.25, -0.2) is 0 Å². The Balaban J connectivity index is 2.35. The molecule has 2 heterocycles. The third-order valence-corrected chi connectivity index (χ3v) is 5.53. The van der Waals surface area contributed by atoms with Crippen molar-refractivity contribution in [2.45, 2.75) is 77.1 Å². The molecular formula is C20H32O3. The van der Waals surface area contributed by atoms with Gasteiger partial charge in [0.05, 0.1) is 23.9 Å². The van der Waals surface area contributed by atoms with Crippen molar-refractivity contribution in [1.82, 2.24) is 0 Å². The van der Waals surface area contributed by atoms with Gasteiger partial charge < -0.3 is 14.9 Å². The number of allylic oxidation sites excluding steroid dienone is 4. The molecule has 0 aromatic heterocycles. The Morgan fingerprint density at radius 2 is 2.04 bits per heavy atom. The maximum absolute atomic E-state index is 10.7. The van der Waals surface area contributed by atoms with Gasteiger partial charge in [-0.3, -0.25) is 0 Å². The summed E-state index contributed by atoms with van der Waals surface area (Å²) in [5.41, 5.74) is 1.39. The molecule has 2 rings (SSSR count). The van der Waals surface area contributed by atoms with Crippen LogP contribution < -0.4 is 0 Å². The molecule has 0 spiro atoms. The van der Waals surface area contributed by atoms with E-state index in [1.807, 2.05) is 6.92 Å². The highest BCUT2D eigenvalue weighted by Crippen LogP contribution is 2.46. The fourth-order valence-electron chi connectivity index (χ4n) is 3.56. The summed E-state index contributed by atoms with van der Waals surface area (Å²) in [5, 5.41) is 20.2. The number of aliphatic hydroxyl groups is 2. The number of hydrogen-bond acceptors (Lipinski definition) is 3. The maximum atomic E-state index is 10.7. The molecule has 0 aromatic carbocycles. The Kier molecular flexibility index (Phi) is 5.88. The van der Waals surface area contributed by atoms with E-state index in [0.717, 1.165) is 24.8 Å². The van der Waals surface area contributed by atoms with Gasteiger partial charge >= 0.3 is 0 Å². The second-order valence-electron chi connectivity index (χ2n) is 7.62. The number of aliphatic hydroxyl groups excluding tert-OH is 2. The van der Waals surface area contributed by atoms with Crippen molar-refractivity contribution in [3.63, 3.8) is 0 Å². The van der Waals surface area contributed by atoms with Crippen LogP contribution in [0.1, 0.15) is 59.8 Å². The van der Waals surface area contributed by atoms with Gasteiger partial charge in [0.2, 0.25) is 0 Å². The first-order valence-electron chi connectivity index (χ1n) is 8.84. The highest BCUT2D eigenvalue weighted by atomic mass is 16.5. The fourth-order valence-corrected chi connectivity index (χ4v) is 3.56. The summed E-state index contributed by atoms with van der Waals surface area (Å²) < 4.78 is 6.50. The maximum Gasteiger partial charge on any atom is 0.0925 e. The molecule has 0 unspecified atom stereocenters. The summed E-state index contributed by atoms with van der Waals surface area (Å²) in [6.07, 6.45) is 12.0. The van der Waals surface area contributed by atoms with Crippen LogP contribution in [0.15, 0.2) is 35.5 Å². The van der Waals surface area contributed by atoms with Crippen molar-refractivity contribution in [2.75, 3.05) is 6.61 Å². The molecule has 2 N–H and O–H groups in total. The van der Waals surface area contributed by atoms with Crippen LogP contribution in [0.2, 0.25) is 0 Å². The highest BCUT2D eigenvalue weighted by molar-refractivity contribution is 5.23. The molecule has 130 valence electrons. The van der Waals surface area contributed by atoms with Gasteiger partial charge in [-0.1, -0.05) is 43.7 Å². The molecule has 1 fully saturated rings. The van der Waals surface area contributed by atoms with Crippen molar-refractivity contribution < 1.29 is 14.9 Å². The van der Waals surface area contributed by atoms with E-state index >= 15 is 0 Å². The van der Waals surface area contributed by atoms with Crippen LogP contribution in [-0.4, -0.2) is 34.1 Å². The quantitative estimate of drug-likeness (QED) is 0.758. The lowest BCUT2D eigenvalue weighted by atomic mass is 9.85. The molecule has 23 heavy (non-hydrogen) atoms. The third kappa shape index (κ3) is 4.14. The number of ether oxygens (including phenoxy) is 1. The third-order valence-electron chi connectivity index (χ3n) is 5.53. The fraction of sp³-hybridized carbons (Fsp3) is 0.700. The zero-order valence-electron chi connectivity index (χ0n) is 15.0. The van der Waals surface area contributed by atoms with Gasteiger partial charge in [-0.15, -0.1) is 0 Å². The predicted octanol–water partition coefficient (Wildman–Crippen LogP) is 3.92. The van der Waals surface area contributed by atoms with Gasteiger partial charge in [0.15, 0.2) is 0 Å². The van der Waals surface area contributed by atoms with E-state index in [-0.39, 0.29) is 12.2 Å². The van der Waals surface area contributed by atoms with Crippen molar-refractivity contribution in [1.29, 1.82) is 0 Å². The predicted molar refractivity (Wildman–Crippen MR) is 94.2 cm³/mol. The first kappa shape index (κ1) is 18.4. The van der Waals surface area contributed by atoms with Crippen LogP contribution in [0.25, 0.3) is 0 Å². The van der Waals surface area contributed by atoms with Crippen LogP contribution in [0.5, 0.6) is 0 Å². The first-order valence-corrected chi connectivity index (χ1v) is 8.84. The molecule has 2 aliphatic rings. The Labute approximate surface area is 140 Å². The van der Waals surface area contributed by atoms with Crippen molar-refractivity contribution in [2.24, 2.45) is 5.92 Å². The van der Waals surface area contributed by atoms with Gasteiger partial charge in [0.25, 0.3) is 0 Å². The second kappa shape index (κ2) is 7.33. The largest absolute Gasteiger partial charge is 0.392 e. The average molecular weight is 320 g/mol. The zero-order chi connectivity index (χ0) is 17.1. The summed E-state index contributed by atoms with van der Waals surface area (Å²) in [6.45, 7) is 8.55. The van der Waals surface area contributed by atoms with E-state index in [9.17, 15) is 10.2 Å². The normalized spacial score (nSPS) is 36.0. The minimum atomic E-state index is -0.513. The number of rotatable bonds is 2. The average Bonchev–Trinajstić information content (AvgIpc) is 2.88. The minimum Gasteiger partial charge on any atom is -0.392 e. The standard InChI is InChI=1S/C20H32O3/c1-15(2)20-11-10-16(3)6-5-7-17(14-21)8-9-18(22)19(4,23-20)12-13-20/h6-7,10-11,15,18,21-22H,5,8-9,12-14H2,1-4H3/t18-,19-,20-/m0/s1. The van der Waals surface area contributed by atoms with E-state index in [4.69, 9.17) is 4.74 Å². The van der Waals surface area contributed by atoms with Crippen LogP contribution in [0.4, 0.5) is 0 Å². The SMILES string of the molecule is CC1=CCC=C(CO)CC[C@H](O)[C@]2(C)CC[C@](C(C)C)(C=C1)O2. The van der Waals surface area contributed by atoms with E-state index < -0.39 is 11.7 Å². The zero-order valence-corrected chi connectivity index (χ0v) is 15.0. The van der Waals surface area contributed by atoms with Crippen LogP contribution in [0, 0.1) is 5.92 Å². The molecule has 0 saturated carbocycles. The minimum absolute atomic E-state index is 0.0585. The monoisotopic (exact) mass is 320 g/mol. The lowest BCUT2D eigenvalue weighted by Crippen LogP contribution is -2.43. The summed E-state index contributed by atoms with van der Waals surface area (Å²) in [5.74, 6) is 0.358. The number of hydrogen-bond donors (Lipinski definition) is 2. The molecule has 3 nitrogen and oxygen atoms in total. The van der Waals surface area contributed by atoms with Crippen molar-refractivity contribution in [3.05, 3.63) is 35.5 Å². The summed E-state index contributed by atoms with van der Waals surface area (Å²) in [7, 11) is 0. The number of fused-ring (bicyclic) bond motifs is 2. The van der Waals surface area contributed by atoms with Gasteiger partial charge in [-0.2, -0.15) is 0 Å². The van der Waals surface area contributed by atoms with Crippen LogP contribution >= 0.6 is 0 Å². The van der Waals surface area contributed by atoms with Gasteiger partial charge in [0.1, 0.15) is 0 Å². The Morgan fingerprint density at radius 1 is 1.30 bits per heavy atom. The molecule has 0 aromatic rings. The van der Waals surface area contributed by atoms with Crippen LogP contribution in [0.3, 0.4) is 0 Å². The van der Waals surface area contributed by atoms with Crippen LogP contribution in [-0.2, 0) is 4.74 Å². The van der Waals surface area contributed by atoms with Gasteiger partial charge in [-0.05, 0) is 57.4 Å². The highest BCUT2D eigenvalue weighted by Gasteiger charge is 2.50. The van der Waals surface area contributed by atoms with E-state index in [0.29, 0.717) is 18.8 Å². The molecular weight excluding hydrogens is 288 g/mol. The molecule has 3 atom stereocenters. The lowest BCUT2D eigenvalue weighted by molar-refractivity contribution is -0.145. The smallest absolute Gasteiger partial charge is 0.0925 e. The molecule has 0 aliphatic carbocycles. The van der Waals surface area contributed by atoms with E-state index in [1.54, 1.807) is 0 Å². The van der Waals surface area contributed by atoms with E-state index in [1.165, 1.54) is 5.57 Å². The molecule has 1 saturated heterocycles. The molecule has 3 heteroatoms. The van der Waals surface area contributed by atoms with Crippen molar-refractivity contribution >= 4 is 0 Å². The molecule has 2 bridgehead atoms. The molecule has 0 radical (unpaired) electrons. The Bertz CT molecular complexity index is 503. The van der Waals surface area contributed by atoms with E-state index in [2.05, 4.69) is 45.1 Å². The summed E-state index contributed by atoms with van der Waals surface area (Å²) in [4.78, 5) is 0. The van der Waals surface area contributed by atoms with Gasteiger partial charge in [0, 0.05) is 0 Å². The summed E-state index contributed by atoms with van der Waals surface area (Å²) >= 11 is 0. The second-order valence-corrected chi connectivity index (χ2v) is 7.62. The van der Waals surface area contributed by atoms with Crippen molar-refractivity contribution in [3.8, 4) is 0 Å². The Morgan fingerprint density at radius 3 is 2.70 bits per heavy atom. The summed E-state index contributed by atoms with van der Waals surface area (Å²) in [6, 6.07) is 0. The lowest BCUT2D eigenvalue weighted by Gasteiger charge is -2.37. The molecule has 2 aliphatic heterocycles. The first-order chi connectivity index (χ1) is 10.8.